The van der Waals surface area contributed by atoms with E-state index < -0.39 is 40.8 Å². The zero-order valence-corrected chi connectivity index (χ0v) is 19.9. The van der Waals surface area contributed by atoms with Gasteiger partial charge in [0.1, 0.15) is 5.56 Å². The van der Waals surface area contributed by atoms with Crippen molar-refractivity contribution in [2.24, 2.45) is 0 Å². The maximum atomic E-state index is 13.1. The van der Waals surface area contributed by atoms with E-state index in [9.17, 15) is 35.9 Å². The van der Waals surface area contributed by atoms with Crippen LogP contribution in [0.5, 0.6) is 0 Å². The second-order valence-corrected chi connectivity index (χ2v) is 8.51. The molecule has 37 heavy (non-hydrogen) atoms. The van der Waals surface area contributed by atoms with Crippen molar-refractivity contribution in [3.8, 4) is 0 Å². The number of H-pyrrole nitrogens is 1. The normalized spacial score (nSPS) is 17.6. The van der Waals surface area contributed by atoms with Gasteiger partial charge in [-0.3, -0.25) is 9.59 Å². The molecule has 0 bridgehead atoms. The molecule has 0 aromatic carbocycles. The topological polar surface area (TPSA) is 116 Å². The van der Waals surface area contributed by atoms with Crippen molar-refractivity contribution < 1.29 is 35.9 Å². The van der Waals surface area contributed by atoms with Crippen LogP contribution in [-0.2, 0) is 21.9 Å². The number of carbonyl (C=O) groups excluding carboxylic acids is 1. The molecule has 0 unspecified atom stereocenters. The zero-order valence-electron chi connectivity index (χ0n) is 19.9. The molecule has 1 fully saturated rings. The molecule has 3 heterocycles. The largest absolute Gasteiger partial charge is 0.423 e. The molecule has 10 nitrogen and oxygen atoms in total. The molecule has 1 aliphatic rings. The molecule has 3 rings (SSSR count). The Morgan fingerprint density at radius 2 is 1.84 bits per heavy atom. The summed E-state index contributed by atoms with van der Waals surface area (Å²) in [6.07, 6.45) is -7.08. The third kappa shape index (κ3) is 7.30. The first-order valence-corrected chi connectivity index (χ1v) is 11.2. The van der Waals surface area contributed by atoms with Crippen molar-refractivity contribution >= 4 is 17.5 Å². The lowest BCUT2D eigenvalue weighted by molar-refractivity contribution is -0.139. The first-order chi connectivity index (χ1) is 17.3. The van der Waals surface area contributed by atoms with Crippen molar-refractivity contribution in [2.75, 3.05) is 43.1 Å². The number of halogens is 6. The van der Waals surface area contributed by atoms with E-state index in [4.69, 9.17) is 4.74 Å². The van der Waals surface area contributed by atoms with Gasteiger partial charge in [-0.25, -0.2) is 15.1 Å². The van der Waals surface area contributed by atoms with Gasteiger partial charge in [-0.05, 0) is 13.8 Å². The molecule has 0 aliphatic carbocycles. The minimum atomic E-state index is -4.87. The molecule has 2 N–H and O–H groups in total. The van der Waals surface area contributed by atoms with Gasteiger partial charge in [0.25, 0.3) is 5.56 Å². The second-order valence-electron chi connectivity index (χ2n) is 8.51. The molecule has 1 saturated heterocycles. The van der Waals surface area contributed by atoms with Crippen molar-refractivity contribution in [1.29, 1.82) is 0 Å². The van der Waals surface area contributed by atoms with Gasteiger partial charge < -0.3 is 19.9 Å². The average Bonchev–Trinajstić information content (AvgIpc) is 2.80. The molecular weight excluding hydrogens is 512 g/mol. The van der Waals surface area contributed by atoms with E-state index in [1.165, 1.54) is 0 Å². The van der Waals surface area contributed by atoms with Crippen LogP contribution in [-0.4, -0.2) is 75.9 Å². The number of aromatic nitrogens is 4. The number of aromatic amines is 1. The highest BCUT2D eigenvalue weighted by molar-refractivity contribution is 5.77. The summed E-state index contributed by atoms with van der Waals surface area (Å²) in [5.41, 5.74) is -4.18. The van der Waals surface area contributed by atoms with E-state index in [2.05, 4.69) is 20.4 Å². The van der Waals surface area contributed by atoms with E-state index in [0.29, 0.717) is 32.0 Å². The van der Waals surface area contributed by atoms with Crippen LogP contribution in [0, 0.1) is 0 Å². The maximum Gasteiger partial charge on any atom is 0.423 e. The zero-order chi connectivity index (χ0) is 27.4. The monoisotopic (exact) mass is 537 g/mol. The minimum Gasteiger partial charge on any atom is -0.379 e. The van der Waals surface area contributed by atoms with Gasteiger partial charge in [0.2, 0.25) is 11.9 Å². The number of anilines is 2. The Bertz CT molecular complexity index is 1120. The summed E-state index contributed by atoms with van der Waals surface area (Å²) in [5, 5.41) is 7.68. The lowest BCUT2D eigenvalue weighted by atomic mass is 10.2. The number of nitrogens with zero attached hydrogens (tertiary/aromatic N) is 5. The van der Waals surface area contributed by atoms with Crippen LogP contribution >= 0.6 is 0 Å². The summed E-state index contributed by atoms with van der Waals surface area (Å²) in [5.74, 6) is -0.0692. The summed E-state index contributed by atoms with van der Waals surface area (Å²) in [6, 6.07) is -0.886. The van der Waals surface area contributed by atoms with Crippen molar-refractivity contribution in [1.82, 2.24) is 25.1 Å². The van der Waals surface area contributed by atoms with Crippen LogP contribution in [0.25, 0.3) is 0 Å². The summed E-state index contributed by atoms with van der Waals surface area (Å²) >= 11 is 0. The first-order valence-electron chi connectivity index (χ1n) is 11.2. The van der Waals surface area contributed by atoms with Crippen molar-refractivity contribution in [3.05, 3.63) is 40.1 Å². The standard InChI is InChI=1S/C21H25F6N7O3/c1-12(31-15-9-30-32-18(36)17(15)21(25,26)27)11-37-6-3-16(35)34-5-4-33(10-13(34)2)19-28-7-14(8-29-19)20(22,23)24/h7-9,12-13H,3-6,10-11H2,1-2H3,(H2,31,32,36)/t12-,13-/m0/s1. The molecule has 0 saturated carbocycles. The van der Waals surface area contributed by atoms with Crippen LogP contribution in [0.4, 0.5) is 38.0 Å². The number of rotatable bonds is 8. The summed E-state index contributed by atoms with van der Waals surface area (Å²) < 4.78 is 82.9. The van der Waals surface area contributed by atoms with Crippen molar-refractivity contribution in [3.63, 3.8) is 0 Å². The van der Waals surface area contributed by atoms with Gasteiger partial charge in [0.05, 0.1) is 37.1 Å². The van der Waals surface area contributed by atoms with E-state index in [1.54, 1.807) is 28.7 Å². The number of amides is 1. The quantitative estimate of drug-likeness (QED) is 0.390. The molecule has 1 amide bonds. The van der Waals surface area contributed by atoms with Gasteiger partial charge in [-0.1, -0.05) is 0 Å². The third-order valence-electron chi connectivity index (χ3n) is 5.57. The van der Waals surface area contributed by atoms with Crippen LogP contribution < -0.4 is 15.8 Å². The molecular formula is C21H25F6N7O3. The van der Waals surface area contributed by atoms with Gasteiger partial charge in [0.15, 0.2) is 0 Å². The lowest BCUT2D eigenvalue weighted by Gasteiger charge is -2.40. The molecule has 0 radical (unpaired) electrons. The van der Waals surface area contributed by atoms with Gasteiger partial charge in [0, 0.05) is 44.1 Å². The number of hydrogen-bond donors (Lipinski definition) is 2. The highest BCUT2D eigenvalue weighted by Gasteiger charge is 2.37. The lowest BCUT2D eigenvalue weighted by Crippen LogP contribution is -2.54. The fourth-order valence-corrected chi connectivity index (χ4v) is 3.80. The molecule has 1 aliphatic heterocycles. The molecule has 2 aromatic rings. The van der Waals surface area contributed by atoms with Gasteiger partial charge >= 0.3 is 12.4 Å². The van der Waals surface area contributed by atoms with Crippen LogP contribution in [0.1, 0.15) is 31.4 Å². The Morgan fingerprint density at radius 3 is 2.43 bits per heavy atom. The molecule has 204 valence electrons. The number of alkyl halides is 6. The SMILES string of the molecule is C[C@@H](COCCC(=O)N1CCN(c2ncc(C(F)(F)F)cn2)C[C@@H]1C)Nc1cn[nH]c(=O)c1C(F)(F)F. The highest BCUT2D eigenvalue weighted by Crippen LogP contribution is 2.31. The first kappa shape index (κ1) is 28.1. The molecule has 0 spiro atoms. The Hall–Kier alpha value is -3.43. The Kier molecular flexibility index (Phi) is 8.60. The maximum absolute atomic E-state index is 13.1. The molecule has 16 heteroatoms. The summed E-state index contributed by atoms with van der Waals surface area (Å²) in [4.78, 5) is 35.0. The predicted molar refractivity (Wildman–Crippen MR) is 119 cm³/mol. The fourth-order valence-electron chi connectivity index (χ4n) is 3.80. The van der Waals surface area contributed by atoms with Crippen molar-refractivity contribution in [2.45, 2.75) is 44.7 Å². The minimum absolute atomic E-state index is 0.0134. The van der Waals surface area contributed by atoms with E-state index in [-0.39, 0.29) is 37.5 Å². The van der Waals surface area contributed by atoms with Crippen LogP contribution in [0.2, 0.25) is 0 Å². The van der Waals surface area contributed by atoms with Crippen LogP contribution in [0.3, 0.4) is 0 Å². The van der Waals surface area contributed by atoms with E-state index in [1.807, 2.05) is 0 Å². The second kappa shape index (κ2) is 11.3. The van der Waals surface area contributed by atoms with Gasteiger partial charge in [-0.15, -0.1) is 0 Å². The number of piperazine rings is 1. The summed E-state index contributed by atoms with van der Waals surface area (Å²) in [6.45, 7) is 4.27. The number of nitrogens with one attached hydrogen (secondary N) is 2. The fraction of sp³-hybridized carbons (Fsp3) is 0.571. The highest BCUT2D eigenvalue weighted by atomic mass is 19.4. The third-order valence-corrected chi connectivity index (χ3v) is 5.57. The Morgan fingerprint density at radius 1 is 1.16 bits per heavy atom. The Labute approximate surface area is 207 Å². The Balaban J connectivity index is 1.44. The smallest absolute Gasteiger partial charge is 0.379 e. The molecule has 2 aromatic heterocycles. The number of ether oxygens (including phenoxy) is 1. The number of carbonyl (C=O) groups is 1. The van der Waals surface area contributed by atoms with Crippen LogP contribution in [0.15, 0.2) is 23.4 Å². The molecule has 2 atom stereocenters. The van der Waals surface area contributed by atoms with E-state index in [0.717, 1.165) is 6.20 Å². The average molecular weight is 537 g/mol. The number of hydrogen-bond acceptors (Lipinski definition) is 8. The van der Waals surface area contributed by atoms with E-state index >= 15 is 0 Å². The van der Waals surface area contributed by atoms with Gasteiger partial charge in [-0.2, -0.15) is 31.4 Å². The predicted octanol–water partition coefficient (Wildman–Crippen LogP) is 2.54. The summed E-state index contributed by atoms with van der Waals surface area (Å²) in [7, 11) is 0.